The molecule has 2 aliphatic heterocycles. The molecule has 32 heavy (non-hydrogen) atoms. The number of carbonyl (C=O) groups excluding carboxylic acids is 2. The summed E-state index contributed by atoms with van der Waals surface area (Å²) in [4.78, 5) is 25.1. The largest absolute Gasteiger partial charge is 0.486 e. The number of benzene rings is 2. The molecule has 1 amide bonds. The normalized spacial score (nSPS) is 16.9. The molecular weight excluding hydrogens is 436 g/mol. The quantitative estimate of drug-likeness (QED) is 0.659. The third kappa shape index (κ3) is 4.71. The fraction of sp³-hybridized carbons (Fsp3) is 0.364. The van der Waals surface area contributed by atoms with Crippen LogP contribution in [0, 0.1) is 0 Å². The van der Waals surface area contributed by atoms with E-state index in [4.69, 9.17) is 14.2 Å². The minimum Gasteiger partial charge on any atom is -0.486 e. The summed E-state index contributed by atoms with van der Waals surface area (Å²) in [5.41, 5.74) is 0.533. The van der Waals surface area contributed by atoms with Crippen molar-refractivity contribution in [3.05, 3.63) is 48.0 Å². The van der Waals surface area contributed by atoms with Gasteiger partial charge in [0.2, 0.25) is 10.0 Å². The van der Waals surface area contributed by atoms with Crippen molar-refractivity contribution in [3.8, 4) is 11.5 Å². The number of sulfonamides is 1. The van der Waals surface area contributed by atoms with Gasteiger partial charge in [-0.15, -0.1) is 0 Å². The third-order valence-corrected chi connectivity index (χ3v) is 7.13. The van der Waals surface area contributed by atoms with Crippen molar-refractivity contribution in [3.63, 3.8) is 0 Å². The molecule has 0 spiro atoms. The molecule has 1 saturated heterocycles. The van der Waals surface area contributed by atoms with Crippen molar-refractivity contribution in [1.82, 2.24) is 4.31 Å². The summed E-state index contributed by atoms with van der Waals surface area (Å²) in [6.45, 7) is 3.26. The molecular formula is C22H24N2O7S. The number of ether oxygens (including phenoxy) is 3. The monoisotopic (exact) mass is 460 g/mol. The molecule has 0 aliphatic carbocycles. The fourth-order valence-electron chi connectivity index (χ4n) is 3.51. The van der Waals surface area contributed by atoms with Crippen LogP contribution in [0.5, 0.6) is 11.5 Å². The van der Waals surface area contributed by atoms with E-state index in [-0.39, 0.29) is 10.5 Å². The minimum absolute atomic E-state index is 0.0298. The van der Waals surface area contributed by atoms with Crippen molar-refractivity contribution in [2.45, 2.75) is 30.8 Å². The summed E-state index contributed by atoms with van der Waals surface area (Å²) in [5.74, 6) is -0.198. The second kappa shape index (κ2) is 9.17. The smallest absolute Gasteiger partial charge is 0.338 e. The summed E-state index contributed by atoms with van der Waals surface area (Å²) in [7, 11) is -3.66. The molecule has 1 unspecified atom stereocenters. The van der Waals surface area contributed by atoms with Gasteiger partial charge in [-0.3, -0.25) is 4.79 Å². The number of nitrogens with zero attached hydrogens (tertiary/aromatic N) is 1. The molecule has 170 valence electrons. The zero-order valence-electron chi connectivity index (χ0n) is 17.6. The average Bonchev–Trinajstić information content (AvgIpc) is 3.35. The van der Waals surface area contributed by atoms with Crippen LogP contribution in [0.1, 0.15) is 30.1 Å². The van der Waals surface area contributed by atoms with E-state index >= 15 is 0 Å². The van der Waals surface area contributed by atoms with Gasteiger partial charge in [-0.05, 0) is 50.1 Å². The maximum absolute atomic E-state index is 12.7. The highest BCUT2D eigenvalue weighted by atomic mass is 32.2. The van der Waals surface area contributed by atoms with E-state index in [9.17, 15) is 18.0 Å². The Morgan fingerprint density at radius 2 is 1.75 bits per heavy atom. The molecule has 4 rings (SSSR count). The Labute approximate surface area is 186 Å². The predicted octanol–water partition coefficient (Wildman–Crippen LogP) is 2.43. The Bertz CT molecular complexity index is 1130. The molecule has 1 fully saturated rings. The van der Waals surface area contributed by atoms with Gasteiger partial charge in [-0.2, -0.15) is 4.31 Å². The van der Waals surface area contributed by atoms with Crippen LogP contribution < -0.4 is 14.8 Å². The van der Waals surface area contributed by atoms with Gasteiger partial charge in [-0.1, -0.05) is 6.07 Å². The molecule has 1 N–H and O–H groups in total. The number of fused-ring (bicyclic) bond motifs is 1. The molecule has 1 atom stereocenters. The molecule has 2 aromatic rings. The lowest BCUT2D eigenvalue weighted by Crippen LogP contribution is -2.30. The topological polar surface area (TPSA) is 111 Å². The van der Waals surface area contributed by atoms with Crippen molar-refractivity contribution in [2.75, 3.05) is 31.6 Å². The number of amides is 1. The van der Waals surface area contributed by atoms with E-state index in [2.05, 4.69) is 5.32 Å². The number of hydrogen-bond donors (Lipinski definition) is 1. The van der Waals surface area contributed by atoms with Crippen LogP contribution in [0.4, 0.5) is 5.69 Å². The van der Waals surface area contributed by atoms with Gasteiger partial charge >= 0.3 is 5.97 Å². The van der Waals surface area contributed by atoms with Crippen LogP contribution in [-0.2, 0) is 19.6 Å². The Morgan fingerprint density at radius 1 is 1.03 bits per heavy atom. The maximum atomic E-state index is 12.7. The molecule has 9 nitrogen and oxygen atoms in total. The highest BCUT2D eigenvalue weighted by Crippen LogP contribution is 2.32. The first-order valence-electron chi connectivity index (χ1n) is 10.4. The lowest BCUT2D eigenvalue weighted by Gasteiger charge is -2.19. The lowest BCUT2D eigenvalue weighted by atomic mass is 10.2. The highest BCUT2D eigenvalue weighted by molar-refractivity contribution is 7.89. The average molecular weight is 461 g/mol. The first-order chi connectivity index (χ1) is 15.3. The van der Waals surface area contributed by atoms with E-state index in [0.717, 1.165) is 12.8 Å². The molecule has 10 heteroatoms. The van der Waals surface area contributed by atoms with Crippen LogP contribution in [0.3, 0.4) is 0 Å². The minimum atomic E-state index is -3.66. The molecule has 2 aromatic carbocycles. The van der Waals surface area contributed by atoms with Gasteiger partial charge in [0.25, 0.3) is 5.91 Å². The maximum Gasteiger partial charge on any atom is 0.338 e. The van der Waals surface area contributed by atoms with E-state index in [0.29, 0.717) is 43.5 Å². The Hall–Kier alpha value is -3.11. The van der Waals surface area contributed by atoms with Crippen LogP contribution in [0.2, 0.25) is 0 Å². The van der Waals surface area contributed by atoms with Crippen molar-refractivity contribution in [1.29, 1.82) is 0 Å². The van der Waals surface area contributed by atoms with Gasteiger partial charge in [0.1, 0.15) is 13.2 Å². The van der Waals surface area contributed by atoms with E-state index in [1.165, 1.54) is 35.5 Å². The second-order valence-electron chi connectivity index (χ2n) is 7.53. The zero-order chi connectivity index (χ0) is 22.7. The second-order valence-corrected chi connectivity index (χ2v) is 9.47. The van der Waals surface area contributed by atoms with Crippen molar-refractivity contribution >= 4 is 27.6 Å². The molecule has 2 heterocycles. The first-order valence-corrected chi connectivity index (χ1v) is 11.8. The number of esters is 1. The SMILES string of the molecule is CC(OC(=O)c1cccc(S(=O)(=O)N2CCCC2)c1)C(=O)Nc1ccc2c(c1)OCCO2. The summed E-state index contributed by atoms with van der Waals surface area (Å²) < 4.78 is 43.1. The Morgan fingerprint density at radius 3 is 2.50 bits per heavy atom. The van der Waals surface area contributed by atoms with Gasteiger partial charge in [0.15, 0.2) is 17.6 Å². The molecule has 0 radical (unpaired) electrons. The van der Waals surface area contributed by atoms with Gasteiger partial charge in [0, 0.05) is 24.8 Å². The summed E-state index contributed by atoms with van der Waals surface area (Å²) >= 11 is 0. The van der Waals surface area contributed by atoms with E-state index < -0.39 is 28.0 Å². The highest BCUT2D eigenvalue weighted by Gasteiger charge is 2.28. The zero-order valence-corrected chi connectivity index (χ0v) is 18.4. The van der Waals surface area contributed by atoms with Crippen LogP contribution in [0.15, 0.2) is 47.4 Å². The van der Waals surface area contributed by atoms with Crippen LogP contribution in [-0.4, -0.2) is 57.0 Å². The predicted molar refractivity (Wildman–Crippen MR) is 115 cm³/mol. The molecule has 0 saturated carbocycles. The van der Waals surface area contributed by atoms with Crippen molar-refractivity contribution in [2.24, 2.45) is 0 Å². The molecule has 0 bridgehead atoms. The van der Waals surface area contributed by atoms with Crippen LogP contribution in [0.25, 0.3) is 0 Å². The number of carbonyl (C=O) groups is 2. The lowest BCUT2D eigenvalue weighted by molar-refractivity contribution is -0.123. The third-order valence-electron chi connectivity index (χ3n) is 5.24. The van der Waals surface area contributed by atoms with E-state index in [1.807, 2.05) is 0 Å². The van der Waals surface area contributed by atoms with Gasteiger partial charge in [0.05, 0.1) is 10.5 Å². The van der Waals surface area contributed by atoms with Gasteiger partial charge < -0.3 is 19.5 Å². The Kier molecular flexibility index (Phi) is 6.33. The number of rotatable bonds is 6. The molecule has 2 aliphatic rings. The fourth-order valence-corrected chi connectivity index (χ4v) is 5.07. The number of hydrogen-bond acceptors (Lipinski definition) is 7. The van der Waals surface area contributed by atoms with Gasteiger partial charge in [-0.25, -0.2) is 13.2 Å². The Balaban J connectivity index is 1.40. The number of anilines is 1. The van der Waals surface area contributed by atoms with Crippen LogP contribution >= 0.6 is 0 Å². The first kappa shape index (κ1) is 22.1. The van der Waals surface area contributed by atoms with Crippen molar-refractivity contribution < 1.29 is 32.2 Å². The number of nitrogens with one attached hydrogen (secondary N) is 1. The summed E-state index contributed by atoms with van der Waals surface area (Å²) in [5, 5.41) is 2.67. The van der Waals surface area contributed by atoms with E-state index in [1.54, 1.807) is 18.2 Å². The summed E-state index contributed by atoms with van der Waals surface area (Å²) in [6, 6.07) is 10.6. The summed E-state index contributed by atoms with van der Waals surface area (Å²) in [6.07, 6.45) is 0.531. The standard InChI is InChI=1S/C22H24N2O7S/c1-15(21(25)23-17-7-8-19-20(14-17)30-12-11-29-19)31-22(26)16-5-4-6-18(13-16)32(27,28)24-9-2-3-10-24/h4-8,13-15H,2-3,9-12H2,1H3,(H,23,25). The molecule has 0 aromatic heterocycles.